The predicted molar refractivity (Wildman–Crippen MR) is 89.1 cm³/mol. The lowest BCUT2D eigenvalue weighted by atomic mass is 9.94. The molecule has 0 fully saturated rings. The van der Waals surface area contributed by atoms with Crippen LogP contribution in [0.3, 0.4) is 0 Å². The highest BCUT2D eigenvalue weighted by atomic mass is 28.4. The van der Waals surface area contributed by atoms with Gasteiger partial charge in [-0.15, -0.1) is 0 Å². The molecule has 0 saturated heterocycles. The zero-order chi connectivity index (χ0) is 19.0. The van der Waals surface area contributed by atoms with Gasteiger partial charge in [-0.2, -0.15) is 0 Å². The SMILES string of the molecule is CCCCCC1=CC(C)(Cc2c(F)c(F)c(F)c(F)c2F)O[Si]1(C)C. The molecule has 0 bridgehead atoms. The standard InChI is InChI=1S/C18H23F5OSi/c1-5-6-7-8-11-9-18(2,24-25(11,3)4)10-12-13(19)15(21)17(23)16(22)14(12)20/h9H,5-8,10H2,1-4H3. The molecule has 1 aliphatic heterocycles. The molecule has 1 unspecified atom stereocenters. The van der Waals surface area contributed by atoms with E-state index >= 15 is 0 Å². The Morgan fingerprint density at radius 2 is 1.44 bits per heavy atom. The van der Waals surface area contributed by atoms with E-state index in [1.165, 1.54) is 0 Å². The third-order valence-corrected chi connectivity index (χ3v) is 7.54. The number of hydrogen-bond donors (Lipinski definition) is 0. The number of benzene rings is 1. The molecule has 1 aliphatic rings. The van der Waals surface area contributed by atoms with E-state index < -0.39 is 55.0 Å². The van der Waals surface area contributed by atoms with Crippen LogP contribution in [0.5, 0.6) is 0 Å². The Morgan fingerprint density at radius 1 is 0.920 bits per heavy atom. The van der Waals surface area contributed by atoms with Crippen LogP contribution in [-0.2, 0) is 10.8 Å². The number of halogens is 5. The molecule has 0 N–H and O–H groups in total. The largest absolute Gasteiger partial charge is 0.404 e. The maximum Gasteiger partial charge on any atom is 0.215 e. The average Bonchev–Trinajstić information content (AvgIpc) is 2.77. The zero-order valence-corrected chi connectivity index (χ0v) is 15.9. The summed E-state index contributed by atoms with van der Waals surface area (Å²) in [5.41, 5.74) is -1.90. The maximum absolute atomic E-state index is 14.0. The summed E-state index contributed by atoms with van der Waals surface area (Å²) in [6, 6.07) is 0. The normalized spacial score (nSPS) is 22.4. The van der Waals surface area contributed by atoms with E-state index in [-0.39, 0.29) is 0 Å². The summed E-state index contributed by atoms with van der Waals surface area (Å²) in [7, 11) is -2.23. The minimum absolute atomic E-state index is 0.396. The molecular formula is C18H23F5OSi. The predicted octanol–water partition coefficient (Wildman–Crippen LogP) is 5.96. The van der Waals surface area contributed by atoms with Crippen LogP contribution in [0.25, 0.3) is 0 Å². The highest BCUT2D eigenvalue weighted by Gasteiger charge is 2.44. The van der Waals surface area contributed by atoms with Crippen LogP contribution in [-0.4, -0.2) is 13.9 Å². The van der Waals surface area contributed by atoms with Gasteiger partial charge in [-0.3, -0.25) is 0 Å². The van der Waals surface area contributed by atoms with Crippen LogP contribution in [0.4, 0.5) is 22.0 Å². The summed E-state index contributed by atoms with van der Waals surface area (Å²) in [6.07, 6.45) is 5.38. The molecule has 0 radical (unpaired) electrons. The van der Waals surface area contributed by atoms with Gasteiger partial charge in [0.2, 0.25) is 14.1 Å². The molecule has 140 valence electrons. The van der Waals surface area contributed by atoms with Crippen molar-refractivity contribution in [2.24, 2.45) is 0 Å². The fraction of sp³-hybridized carbons (Fsp3) is 0.556. The molecule has 1 aromatic rings. The van der Waals surface area contributed by atoms with Gasteiger partial charge in [0.25, 0.3) is 0 Å². The van der Waals surface area contributed by atoms with Gasteiger partial charge in [0.1, 0.15) is 0 Å². The van der Waals surface area contributed by atoms with Gasteiger partial charge < -0.3 is 4.43 Å². The van der Waals surface area contributed by atoms with Gasteiger partial charge in [0.05, 0.1) is 5.60 Å². The van der Waals surface area contributed by atoms with Crippen LogP contribution in [0.2, 0.25) is 13.1 Å². The van der Waals surface area contributed by atoms with Gasteiger partial charge in [-0.25, -0.2) is 22.0 Å². The Bertz CT molecular complexity index is 672. The highest BCUT2D eigenvalue weighted by molar-refractivity contribution is 6.79. The van der Waals surface area contributed by atoms with Crippen molar-refractivity contribution >= 4 is 8.32 Å². The van der Waals surface area contributed by atoms with Gasteiger partial charge in [-0.05, 0) is 32.9 Å². The Balaban J connectivity index is 2.34. The van der Waals surface area contributed by atoms with E-state index in [9.17, 15) is 22.0 Å². The van der Waals surface area contributed by atoms with Crippen molar-refractivity contribution in [3.8, 4) is 0 Å². The lowest BCUT2D eigenvalue weighted by Gasteiger charge is -2.29. The van der Waals surface area contributed by atoms with Crippen molar-refractivity contribution in [3.63, 3.8) is 0 Å². The quantitative estimate of drug-likeness (QED) is 0.195. The lowest BCUT2D eigenvalue weighted by molar-refractivity contribution is 0.142. The maximum atomic E-state index is 14.0. The summed E-state index contributed by atoms with van der Waals surface area (Å²) in [5, 5.41) is 1.12. The van der Waals surface area contributed by atoms with Crippen molar-refractivity contribution in [1.29, 1.82) is 0 Å². The fourth-order valence-corrected chi connectivity index (χ4v) is 6.26. The first-order chi connectivity index (χ1) is 11.5. The van der Waals surface area contributed by atoms with Crippen LogP contribution in [0.1, 0.15) is 45.1 Å². The summed E-state index contributed by atoms with van der Waals surface area (Å²) >= 11 is 0. The summed E-state index contributed by atoms with van der Waals surface area (Å²) < 4.78 is 74.1. The van der Waals surface area contributed by atoms with Crippen molar-refractivity contribution in [1.82, 2.24) is 0 Å². The van der Waals surface area contributed by atoms with Crippen LogP contribution >= 0.6 is 0 Å². The Labute approximate surface area is 146 Å². The van der Waals surface area contributed by atoms with Gasteiger partial charge in [0, 0.05) is 12.0 Å². The Kier molecular flexibility index (Phi) is 5.78. The summed E-state index contributed by atoms with van der Waals surface area (Å²) in [4.78, 5) is 0. The first kappa shape index (κ1) is 20.1. The van der Waals surface area contributed by atoms with Crippen LogP contribution in [0, 0.1) is 29.1 Å². The van der Waals surface area contributed by atoms with E-state index in [0.717, 1.165) is 30.9 Å². The van der Waals surface area contributed by atoms with Gasteiger partial charge in [0.15, 0.2) is 23.3 Å². The first-order valence-corrected chi connectivity index (χ1v) is 11.4. The second kappa shape index (κ2) is 7.19. The molecule has 0 spiro atoms. The van der Waals surface area contributed by atoms with Crippen molar-refractivity contribution < 1.29 is 26.4 Å². The summed E-state index contributed by atoms with van der Waals surface area (Å²) in [6.45, 7) is 7.69. The Morgan fingerprint density at radius 3 is 1.96 bits per heavy atom. The van der Waals surface area contributed by atoms with E-state index in [4.69, 9.17) is 4.43 Å². The molecule has 1 atom stereocenters. The molecule has 0 aromatic heterocycles. The van der Waals surface area contributed by atoms with Gasteiger partial charge in [-0.1, -0.05) is 31.0 Å². The zero-order valence-electron chi connectivity index (χ0n) is 14.9. The van der Waals surface area contributed by atoms with Crippen molar-refractivity contribution in [2.45, 2.75) is 64.6 Å². The molecular weight excluding hydrogens is 355 g/mol. The molecule has 1 nitrogen and oxygen atoms in total. The highest BCUT2D eigenvalue weighted by Crippen LogP contribution is 2.39. The molecule has 1 heterocycles. The monoisotopic (exact) mass is 378 g/mol. The Hall–Kier alpha value is -1.21. The van der Waals surface area contributed by atoms with E-state index in [2.05, 4.69) is 6.92 Å². The topological polar surface area (TPSA) is 9.23 Å². The van der Waals surface area contributed by atoms with E-state index in [1.807, 2.05) is 19.2 Å². The van der Waals surface area contributed by atoms with E-state index in [0.29, 0.717) is 0 Å². The molecule has 7 heteroatoms. The molecule has 0 amide bonds. The third-order valence-electron chi connectivity index (χ3n) is 4.62. The first-order valence-electron chi connectivity index (χ1n) is 8.45. The average molecular weight is 378 g/mol. The molecule has 1 aromatic carbocycles. The molecule has 2 rings (SSSR count). The minimum Gasteiger partial charge on any atom is -0.404 e. The number of hydrogen-bond acceptors (Lipinski definition) is 1. The van der Waals surface area contributed by atoms with Crippen molar-refractivity contribution in [3.05, 3.63) is 45.9 Å². The smallest absolute Gasteiger partial charge is 0.215 e. The van der Waals surface area contributed by atoms with Gasteiger partial charge >= 0.3 is 0 Å². The third kappa shape index (κ3) is 3.97. The second-order valence-corrected chi connectivity index (χ2v) is 11.1. The number of unbranched alkanes of at least 4 members (excludes halogenated alkanes) is 2. The van der Waals surface area contributed by atoms with Crippen LogP contribution < -0.4 is 0 Å². The lowest BCUT2D eigenvalue weighted by Crippen LogP contribution is -2.37. The van der Waals surface area contributed by atoms with E-state index in [1.54, 1.807) is 6.92 Å². The molecule has 25 heavy (non-hydrogen) atoms. The second-order valence-electron chi connectivity index (χ2n) is 7.28. The molecule has 0 aliphatic carbocycles. The fourth-order valence-electron chi connectivity index (χ4n) is 3.40. The minimum atomic E-state index is -2.23. The number of allylic oxidation sites excluding steroid dienone is 1. The molecule has 0 saturated carbocycles. The summed E-state index contributed by atoms with van der Waals surface area (Å²) in [5.74, 6) is -9.54. The van der Waals surface area contributed by atoms with Crippen molar-refractivity contribution in [2.75, 3.05) is 0 Å². The number of rotatable bonds is 6. The van der Waals surface area contributed by atoms with Crippen LogP contribution in [0.15, 0.2) is 11.3 Å².